The molecular formula is C18H28N4O2. The van der Waals surface area contributed by atoms with Crippen molar-refractivity contribution in [1.82, 2.24) is 14.7 Å². The van der Waals surface area contributed by atoms with Gasteiger partial charge in [-0.1, -0.05) is 0 Å². The number of urea groups is 1. The van der Waals surface area contributed by atoms with Crippen molar-refractivity contribution in [2.45, 2.75) is 44.6 Å². The molecule has 0 aromatic carbocycles. The lowest BCUT2D eigenvalue weighted by Crippen LogP contribution is -2.38. The molecular weight excluding hydrogens is 304 g/mol. The summed E-state index contributed by atoms with van der Waals surface area (Å²) >= 11 is 0. The average Bonchev–Trinajstić information content (AvgIpc) is 3.25. The number of hydrogen-bond donors (Lipinski definition) is 0. The second kappa shape index (κ2) is 7.00. The van der Waals surface area contributed by atoms with Crippen molar-refractivity contribution in [2.24, 2.45) is 17.8 Å². The Morgan fingerprint density at radius 3 is 2.46 bits per heavy atom. The predicted molar refractivity (Wildman–Crippen MR) is 89.9 cm³/mol. The molecule has 3 amide bonds. The number of hydrogen-bond acceptors (Lipinski definition) is 3. The lowest BCUT2D eigenvalue weighted by molar-refractivity contribution is -0.131. The molecule has 0 radical (unpaired) electrons. The molecule has 0 bridgehead atoms. The molecule has 3 fully saturated rings. The third kappa shape index (κ3) is 3.35. The number of carbonyl (C=O) groups is 2. The molecule has 0 aromatic heterocycles. The minimum Gasteiger partial charge on any atom is -0.331 e. The maximum atomic E-state index is 12.4. The molecule has 0 aromatic rings. The second-order valence-corrected chi connectivity index (χ2v) is 7.85. The predicted octanol–water partition coefficient (Wildman–Crippen LogP) is 1.92. The van der Waals surface area contributed by atoms with E-state index in [-0.39, 0.29) is 18.0 Å². The molecule has 3 rings (SSSR count). The molecule has 0 N–H and O–H groups in total. The first-order valence-electron chi connectivity index (χ1n) is 9.15. The van der Waals surface area contributed by atoms with E-state index in [2.05, 4.69) is 6.07 Å². The summed E-state index contributed by atoms with van der Waals surface area (Å²) in [5.41, 5.74) is 0. The molecule has 2 heterocycles. The van der Waals surface area contributed by atoms with E-state index >= 15 is 0 Å². The standard InChI is InChI=1S/C18H28N4O2/c1-20(2)18(24)21-11-14-8-13(9-15(14)12-21)5-6-17(23)22-7-3-4-16(22)10-19/h13-16H,3-9,11-12H2,1-2H3/t13-,14-,15+,16-/m0/s1. The largest absolute Gasteiger partial charge is 0.331 e. The molecule has 4 atom stereocenters. The maximum Gasteiger partial charge on any atom is 0.319 e. The van der Waals surface area contributed by atoms with E-state index in [0.717, 1.165) is 51.7 Å². The van der Waals surface area contributed by atoms with Crippen molar-refractivity contribution in [2.75, 3.05) is 33.7 Å². The summed E-state index contributed by atoms with van der Waals surface area (Å²) in [5, 5.41) is 9.10. The zero-order chi connectivity index (χ0) is 17.3. The lowest BCUT2D eigenvalue weighted by Gasteiger charge is -2.23. The van der Waals surface area contributed by atoms with E-state index in [1.165, 1.54) is 0 Å². The first-order chi connectivity index (χ1) is 11.5. The SMILES string of the molecule is CN(C)C(=O)N1C[C@H]2C[C@@H](CCC(=O)N3CCC[C@H]3C#N)C[C@H]2C1. The number of carbonyl (C=O) groups excluding carboxylic acids is 2. The normalized spacial score (nSPS) is 31.9. The number of amides is 3. The van der Waals surface area contributed by atoms with Gasteiger partial charge in [0, 0.05) is 40.2 Å². The van der Waals surface area contributed by atoms with Gasteiger partial charge < -0.3 is 14.7 Å². The molecule has 0 unspecified atom stereocenters. The van der Waals surface area contributed by atoms with E-state index in [4.69, 9.17) is 5.26 Å². The van der Waals surface area contributed by atoms with Crippen LogP contribution in [0.5, 0.6) is 0 Å². The van der Waals surface area contributed by atoms with Crippen LogP contribution in [0.4, 0.5) is 4.79 Å². The molecule has 6 nitrogen and oxygen atoms in total. The topological polar surface area (TPSA) is 67.7 Å². The van der Waals surface area contributed by atoms with Crippen LogP contribution in [0.1, 0.15) is 38.5 Å². The Hall–Kier alpha value is -1.77. The van der Waals surface area contributed by atoms with Crippen molar-refractivity contribution in [3.8, 4) is 6.07 Å². The van der Waals surface area contributed by atoms with Crippen molar-refractivity contribution in [3.05, 3.63) is 0 Å². The van der Waals surface area contributed by atoms with Crippen molar-refractivity contribution in [3.63, 3.8) is 0 Å². The summed E-state index contributed by atoms with van der Waals surface area (Å²) in [4.78, 5) is 29.8. The number of nitriles is 1. The fourth-order valence-corrected chi connectivity index (χ4v) is 4.77. The van der Waals surface area contributed by atoms with Gasteiger partial charge in [0.2, 0.25) is 5.91 Å². The summed E-state index contributed by atoms with van der Waals surface area (Å²) in [7, 11) is 3.61. The highest BCUT2D eigenvalue weighted by atomic mass is 16.2. The Morgan fingerprint density at radius 1 is 1.21 bits per heavy atom. The molecule has 6 heteroatoms. The van der Waals surface area contributed by atoms with Crippen molar-refractivity contribution < 1.29 is 9.59 Å². The van der Waals surface area contributed by atoms with E-state index in [0.29, 0.717) is 24.2 Å². The molecule has 0 spiro atoms. The van der Waals surface area contributed by atoms with Gasteiger partial charge in [-0.2, -0.15) is 5.26 Å². The Morgan fingerprint density at radius 2 is 1.88 bits per heavy atom. The summed E-state index contributed by atoms with van der Waals surface area (Å²) in [6.45, 7) is 2.48. The van der Waals surface area contributed by atoms with Crippen LogP contribution in [0, 0.1) is 29.1 Å². The van der Waals surface area contributed by atoms with Crippen LogP contribution in [0.25, 0.3) is 0 Å². The van der Waals surface area contributed by atoms with Gasteiger partial charge in [0.05, 0.1) is 6.07 Å². The second-order valence-electron chi connectivity index (χ2n) is 7.85. The van der Waals surface area contributed by atoms with E-state index in [1.54, 1.807) is 23.9 Å². The summed E-state index contributed by atoms with van der Waals surface area (Å²) in [5.74, 6) is 1.96. The highest BCUT2D eigenvalue weighted by molar-refractivity contribution is 5.77. The van der Waals surface area contributed by atoms with Crippen LogP contribution in [0.2, 0.25) is 0 Å². The first kappa shape index (κ1) is 17.1. The molecule has 2 saturated heterocycles. The monoisotopic (exact) mass is 332 g/mol. The number of likely N-dealkylation sites (tertiary alicyclic amines) is 2. The van der Waals surface area contributed by atoms with Crippen LogP contribution in [-0.2, 0) is 4.79 Å². The minimum absolute atomic E-state index is 0.118. The van der Waals surface area contributed by atoms with E-state index < -0.39 is 0 Å². The van der Waals surface area contributed by atoms with E-state index in [1.807, 2.05) is 4.90 Å². The zero-order valence-electron chi connectivity index (χ0n) is 14.8. The lowest BCUT2D eigenvalue weighted by atomic mass is 9.99. The van der Waals surface area contributed by atoms with Crippen LogP contribution in [-0.4, -0.2) is 66.4 Å². The smallest absolute Gasteiger partial charge is 0.319 e. The molecule has 24 heavy (non-hydrogen) atoms. The third-order valence-corrected chi connectivity index (χ3v) is 5.99. The van der Waals surface area contributed by atoms with Gasteiger partial charge in [0.25, 0.3) is 0 Å². The van der Waals surface area contributed by atoms with Crippen LogP contribution in [0.3, 0.4) is 0 Å². The van der Waals surface area contributed by atoms with Gasteiger partial charge >= 0.3 is 6.03 Å². The van der Waals surface area contributed by atoms with Crippen LogP contribution in [0.15, 0.2) is 0 Å². The van der Waals surface area contributed by atoms with E-state index in [9.17, 15) is 9.59 Å². The Balaban J connectivity index is 1.43. The highest BCUT2D eigenvalue weighted by Gasteiger charge is 2.42. The number of rotatable bonds is 3. The number of nitrogens with zero attached hydrogens (tertiary/aromatic N) is 4. The zero-order valence-corrected chi connectivity index (χ0v) is 14.8. The highest BCUT2D eigenvalue weighted by Crippen LogP contribution is 2.43. The first-order valence-corrected chi connectivity index (χ1v) is 9.15. The molecule has 1 aliphatic carbocycles. The van der Waals surface area contributed by atoms with Crippen LogP contribution < -0.4 is 0 Å². The molecule has 2 aliphatic heterocycles. The van der Waals surface area contributed by atoms with Crippen LogP contribution >= 0.6 is 0 Å². The average molecular weight is 332 g/mol. The summed E-state index contributed by atoms with van der Waals surface area (Å²) < 4.78 is 0. The summed E-state index contributed by atoms with van der Waals surface area (Å²) in [6.07, 6.45) is 5.55. The molecule has 132 valence electrons. The fourth-order valence-electron chi connectivity index (χ4n) is 4.77. The third-order valence-electron chi connectivity index (χ3n) is 5.99. The van der Waals surface area contributed by atoms with Crippen molar-refractivity contribution in [1.29, 1.82) is 5.26 Å². The Bertz CT molecular complexity index is 528. The fraction of sp³-hybridized carbons (Fsp3) is 0.833. The van der Waals surface area contributed by atoms with Gasteiger partial charge in [0.1, 0.15) is 6.04 Å². The van der Waals surface area contributed by atoms with Gasteiger partial charge in [-0.25, -0.2) is 4.79 Å². The maximum absolute atomic E-state index is 12.4. The Labute approximate surface area is 144 Å². The Kier molecular flexibility index (Phi) is 4.98. The van der Waals surface area contributed by atoms with Gasteiger partial charge in [0.15, 0.2) is 0 Å². The van der Waals surface area contributed by atoms with Crippen molar-refractivity contribution >= 4 is 11.9 Å². The summed E-state index contributed by atoms with van der Waals surface area (Å²) in [6, 6.07) is 2.16. The van der Waals surface area contributed by atoms with Gasteiger partial charge in [-0.15, -0.1) is 0 Å². The number of fused-ring (bicyclic) bond motifs is 1. The quantitative estimate of drug-likeness (QED) is 0.793. The molecule has 3 aliphatic rings. The van der Waals surface area contributed by atoms with Gasteiger partial charge in [-0.05, 0) is 49.9 Å². The minimum atomic E-state index is -0.203. The van der Waals surface area contributed by atoms with Gasteiger partial charge in [-0.3, -0.25) is 4.79 Å². The molecule has 1 saturated carbocycles.